The second kappa shape index (κ2) is 7.65. The number of ketones is 2. The van der Waals surface area contributed by atoms with Crippen molar-refractivity contribution in [2.24, 2.45) is 11.7 Å². The molecule has 8 nitrogen and oxygen atoms in total. The third-order valence-corrected chi connectivity index (χ3v) is 2.74. The molecule has 1 aromatic heterocycles. The molecule has 8 heteroatoms. The number of nitrogens with two attached hydrogens (primary N) is 1. The first-order chi connectivity index (χ1) is 9.82. The van der Waals surface area contributed by atoms with Crippen LogP contribution in [0.5, 0.6) is 0 Å². The van der Waals surface area contributed by atoms with Crippen molar-refractivity contribution in [3.8, 4) is 0 Å². The smallest absolute Gasteiger partial charge is 0.324 e. The quantitative estimate of drug-likeness (QED) is 0.412. The van der Waals surface area contributed by atoms with Gasteiger partial charge in [0.2, 0.25) is 0 Å². The van der Waals surface area contributed by atoms with E-state index in [1.165, 1.54) is 13.3 Å². The minimum atomic E-state index is -1.57. The number of aromatic amines is 1. The molecule has 1 rings (SSSR count). The van der Waals surface area contributed by atoms with Gasteiger partial charge < -0.3 is 20.6 Å². The maximum atomic E-state index is 12.1. The Morgan fingerprint density at radius 2 is 2.14 bits per heavy atom. The van der Waals surface area contributed by atoms with Crippen LogP contribution in [-0.2, 0) is 25.5 Å². The van der Waals surface area contributed by atoms with Gasteiger partial charge in [0.25, 0.3) is 0 Å². The summed E-state index contributed by atoms with van der Waals surface area (Å²) in [7, 11) is 0. The van der Waals surface area contributed by atoms with Crippen LogP contribution in [0.15, 0.2) is 12.5 Å². The lowest BCUT2D eigenvalue weighted by atomic mass is 9.93. The molecule has 0 spiro atoms. The first kappa shape index (κ1) is 17.0. The summed E-state index contributed by atoms with van der Waals surface area (Å²) >= 11 is 0. The number of rotatable bonds is 8. The normalized spacial score (nSPS) is 15.0. The van der Waals surface area contributed by atoms with E-state index in [9.17, 15) is 14.4 Å². The number of H-pyrrole nitrogens is 1. The van der Waals surface area contributed by atoms with E-state index < -0.39 is 35.6 Å². The highest BCUT2D eigenvalue weighted by Crippen LogP contribution is 2.09. The van der Waals surface area contributed by atoms with Crippen LogP contribution >= 0.6 is 0 Å². The number of imidazole rings is 1. The van der Waals surface area contributed by atoms with Gasteiger partial charge >= 0.3 is 5.97 Å². The summed E-state index contributed by atoms with van der Waals surface area (Å²) in [6, 6.07) is -1.04. The number of nitrogens with zero attached hydrogens (tertiary/aromatic N) is 1. The fraction of sp³-hybridized carbons (Fsp3) is 0.538. The lowest BCUT2D eigenvalue weighted by Crippen LogP contribution is -2.44. The molecule has 0 aliphatic rings. The molecule has 3 atom stereocenters. The molecular weight excluding hydrogens is 278 g/mol. The Kier molecular flexibility index (Phi) is 6.19. The SMILES string of the molecule is CC(=O)C(C(=O)OCC(C)O)C(=O)[C@@H](N)Cc1c[nH]cn1. The number of nitrogens with one attached hydrogen (secondary N) is 1. The lowest BCUT2D eigenvalue weighted by molar-refractivity contribution is -0.157. The molecule has 0 fully saturated rings. The molecular formula is C13H19N3O5. The van der Waals surface area contributed by atoms with Crippen LogP contribution < -0.4 is 5.73 Å². The number of hydrogen-bond acceptors (Lipinski definition) is 7. The maximum Gasteiger partial charge on any atom is 0.324 e. The number of aliphatic hydroxyl groups excluding tert-OH is 1. The maximum absolute atomic E-state index is 12.1. The van der Waals surface area contributed by atoms with Gasteiger partial charge in [0.1, 0.15) is 6.61 Å². The van der Waals surface area contributed by atoms with E-state index in [4.69, 9.17) is 15.6 Å². The number of Topliss-reactive ketones (excluding diaryl/α,β-unsaturated/α-hetero) is 2. The molecule has 1 heterocycles. The Hall–Kier alpha value is -2.06. The average Bonchev–Trinajstić information content (AvgIpc) is 2.88. The molecule has 0 aliphatic carbocycles. The van der Waals surface area contributed by atoms with Gasteiger partial charge in [-0.15, -0.1) is 0 Å². The summed E-state index contributed by atoms with van der Waals surface area (Å²) in [6.45, 7) is 2.25. The highest BCUT2D eigenvalue weighted by Gasteiger charge is 2.36. The molecule has 2 unspecified atom stereocenters. The van der Waals surface area contributed by atoms with E-state index >= 15 is 0 Å². The molecule has 0 saturated heterocycles. The van der Waals surface area contributed by atoms with E-state index in [0.717, 1.165) is 6.92 Å². The zero-order valence-corrected chi connectivity index (χ0v) is 11.9. The highest BCUT2D eigenvalue weighted by molar-refractivity contribution is 6.18. The van der Waals surface area contributed by atoms with Crippen molar-refractivity contribution < 1.29 is 24.2 Å². The van der Waals surface area contributed by atoms with Crippen molar-refractivity contribution in [2.75, 3.05) is 6.61 Å². The van der Waals surface area contributed by atoms with E-state index in [-0.39, 0.29) is 13.0 Å². The summed E-state index contributed by atoms with van der Waals surface area (Å²) in [5, 5.41) is 9.06. The number of ether oxygens (including phenoxy) is 1. The number of aliphatic hydroxyl groups is 1. The van der Waals surface area contributed by atoms with Crippen molar-refractivity contribution in [2.45, 2.75) is 32.4 Å². The number of carbonyl (C=O) groups is 3. The first-order valence-electron chi connectivity index (χ1n) is 6.45. The van der Waals surface area contributed by atoms with E-state index in [2.05, 4.69) is 9.97 Å². The second-order valence-electron chi connectivity index (χ2n) is 4.80. The van der Waals surface area contributed by atoms with Gasteiger partial charge in [-0.2, -0.15) is 0 Å². The van der Waals surface area contributed by atoms with Crippen LogP contribution in [0.4, 0.5) is 0 Å². The standard InChI is InChI=1S/C13H19N3O5/c1-7(17)5-21-13(20)11(8(2)18)12(19)10(14)3-9-4-15-6-16-9/h4,6-7,10-11,17H,3,5,14H2,1-2H3,(H,15,16)/t7?,10-,11?/m0/s1. The van der Waals surface area contributed by atoms with Gasteiger partial charge in [-0.1, -0.05) is 0 Å². The topological polar surface area (TPSA) is 135 Å². The van der Waals surface area contributed by atoms with Gasteiger partial charge in [-0.3, -0.25) is 14.4 Å². The van der Waals surface area contributed by atoms with Gasteiger partial charge in [-0.05, 0) is 13.8 Å². The summed E-state index contributed by atoms with van der Waals surface area (Å²) in [6.07, 6.45) is 2.23. The molecule has 21 heavy (non-hydrogen) atoms. The Morgan fingerprint density at radius 1 is 1.48 bits per heavy atom. The van der Waals surface area contributed by atoms with E-state index in [0.29, 0.717) is 5.69 Å². The van der Waals surface area contributed by atoms with Crippen LogP contribution in [0.1, 0.15) is 19.5 Å². The third-order valence-electron chi connectivity index (χ3n) is 2.74. The Bertz CT molecular complexity index is 498. The average molecular weight is 297 g/mol. The van der Waals surface area contributed by atoms with Gasteiger partial charge in [0.15, 0.2) is 17.5 Å². The van der Waals surface area contributed by atoms with E-state index in [1.807, 2.05) is 0 Å². The molecule has 0 aliphatic heterocycles. The summed E-state index contributed by atoms with van der Waals surface area (Å²) in [4.78, 5) is 42.1. The molecule has 0 radical (unpaired) electrons. The van der Waals surface area contributed by atoms with Crippen molar-refractivity contribution in [1.82, 2.24) is 9.97 Å². The van der Waals surface area contributed by atoms with Crippen LogP contribution in [0.3, 0.4) is 0 Å². The summed E-state index contributed by atoms with van der Waals surface area (Å²) < 4.78 is 4.73. The molecule has 1 aromatic rings. The first-order valence-corrected chi connectivity index (χ1v) is 6.45. The minimum Gasteiger partial charge on any atom is -0.462 e. The largest absolute Gasteiger partial charge is 0.462 e. The molecule has 116 valence electrons. The fourth-order valence-corrected chi connectivity index (χ4v) is 1.71. The Morgan fingerprint density at radius 3 is 2.62 bits per heavy atom. The summed E-state index contributed by atoms with van der Waals surface area (Å²) in [5.74, 6) is -3.93. The Labute approximate surface area is 121 Å². The fourth-order valence-electron chi connectivity index (χ4n) is 1.71. The highest BCUT2D eigenvalue weighted by atomic mass is 16.5. The van der Waals surface area contributed by atoms with Crippen molar-refractivity contribution in [3.63, 3.8) is 0 Å². The second-order valence-corrected chi connectivity index (χ2v) is 4.80. The lowest BCUT2D eigenvalue weighted by Gasteiger charge is -2.16. The number of hydrogen-bond donors (Lipinski definition) is 3. The van der Waals surface area contributed by atoms with Gasteiger partial charge in [0, 0.05) is 12.6 Å². The zero-order valence-electron chi connectivity index (χ0n) is 11.9. The molecule has 0 aromatic carbocycles. The van der Waals surface area contributed by atoms with Crippen LogP contribution in [-0.4, -0.2) is 51.4 Å². The number of carbonyl (C=O) groups excluding carboxylic acids is 3. The monoisotopic (exact) mass is 297 g/mol. The number of aromatic nitrogens is 2. The van der Waals surface area contributed by atoms with Crippen LogP contribution in [0.25, 0.3) is 0 Å². The zero-order chi connectivity index (χ0) is 16.0. The number of esters is 1. The predicted octanol–water partition coefficient (Wildman–Crippen LogP) is -1.02. The molecule has 0 amide bonds. The minimum absolute atomic E-state index is 0.107. The van der Waals surface area contributed by atoms with Crippen LogP contribution in [0, 0.1) is 5.92 Å². The van der Waals surface area contributed by atoms with Crippen LogP contribution in [0.2, 0.25) is 0 Å². The Balaban J connectivity index is 2.72. The molecule has 0 saturated carbocycles. The predicted molar refractivity (Wildman–Crippen MR) is 72.1 cm³/mol. The van der Waals surface area contributed by atoms with Crippen molar-refractivity contribution in [3.05, 3.63) is 18.2 Å². The van der Waals surface area contributed by atoms with Crippen molar-refractivity contribution >= 4 is 17.5 Å². The summed E-state index contributed by atoms with van der Waals surface area (Å²) in [5.41, 5.74) is 6.28. The molecule has 4 N–H and O–H groups in total. The van der Waals surface area contributed by atoms with E-state index in [1.54, 1.807) is 6.20 Å². The molecule has 0 bridgehead atoms. The van der Waals surface area contributed by atoms with Gasteiger partial charge in [0.05, 0.1) is 24.2 Å². The van der Waals surface area contributed by atoms with Crippen molar-refractivity contribution in [1.29, 1.82) is 0 Å². The third kappa shape index (κ3) is 5.09. The van der Waals surface area contributed by atoms with Gasteiger partial charge in [-0.25, -0.2) is 4.98 Å².